The first kappa shape index (κ1) is 59.2. The average Bonchev–Trinajstić information content (AvgIpc) is 1.27. The summed E-state index contributed by atoms with van der Waals surface area (Å²) < 4.78 is 168. The zero-order valence-electron chi connectivity index (χ0n) is 44.6. The predicted molar refractivity (Wildman–Crippen MR) is 323 cm³/mol. The van der Waals surface area contributed by atoms with Crippen molar-refractivity contribution in [3.8, 4) is 34.2 Å². The molecule has 3 nitrogen and oxygen atoms in total. The Morgan fingerprint density at radius 1 is 0.262 bits per heavy atom. The van der Waals surface area contributed by atoms with E-state index < -0.39 is 67.6 Å². The highest BCUT2D eigenvalue weighted by atomic mass is 31.2. The largest absolute Gasteiger partial charge is 0.416 e. The van der Waals surface area contributed by atoms with Gasteiger partial charge in [-0.25, -0.2) is 15.0 Å². The molecule has 426 valence electrons. The Morgan fingerprint density at radius 3 is 0.643 bits per heavy atom. The second-order valence-corrected chi connectivity index (χ2v) is 29.7. The number of aryl methyl sites for hydroxylation is 2. The van der Waals surface area contributed by atoms with E-state index in [1.54, 1.807) is 48.5 Å². The van der Waals surface area contributed by atoms with Crippen LogP contribution in [0.5, 0.6) is 0 Å². The molecule has 10 rings (SSSR count). The topological polar surface area (TPSA) is 38.7 Å². The summed E-state index contributed by atoms with van der Waals surface area (Å²) in [5.74, 6) is 0.315. The number of nitrogens with zero attached hydrogens (tertiary/aromatic N) is 3. The molecule has 1 aromatic heterocycles. The minimum Gasteiger partial charge on any atom is -0.208 e. The number of rotatable bonds is 12. The SMILES string of the molecule is C=P(c1ccc(C)cc1)(c1ccc(C(F)(F)F)cc1)c1cccc(-c2nc(-c3cccc(P(=C)(c4ccc(C)cc4)c4ccc(C(F)(F)F)cc4)c3)nc(-c3cccc(P(=C)(c4ccc(C(F)(F)F)cc4)c4ccc(C(F)(F)F)cc4)c3)n2)c1. The van der Waals surface area contributed by atoms with Crippen molar-refractivity contribution in [3.05, 3.63) is 252 Å². The van der Waals surface area contributed by atoms with E-state index >= 15 is 0 Å². The van der Waals surface area contributed by atoms with Crippen LogP contribution in [0.1, 0.15) is 33.4 Å². The van der Waals surface area contributed by atoms with E-state index in [1.165, 1.54) is 48.5 Å². The van der Waals surface area contributed by atoms with Gasteiger partial charge in [-0.2, -0.15) is 52.7 Å². The second-order valence-electron chi connectivity index (χ2n) is 20.2. The van der Waals surface area contributed by atoms with Gasteiger partial charge in [-0.05, 0) is 149 Å². The minimum atomic E-state index is -4.69. The van der Waals surface area contributed by atoms with Gasteiger partial charge >= 0.3 is 24.7 Å². The molecule has 0 aliphatic carbocycles. The summed E-state index contributed by atoms with van der Waals surface area (Å²) in [4.78, 5) is 15.2. The van der Waals surface area contributed by atoms with Crippen molar-refractivity contribution in [2.75, 3.05) is 0 Å². The zero-order chi connectivity index (χ0) is 60.2. The molecule has 84 heavy (non-hydrogen) atoms. The molecule has 0 saturated carbocycles. The lowest BCUT2D eigenvalue weighted by atomic mass is 10.1. The molecule has 0 bridgehead atoms. The first-order valence-electron chi connectivity index (χ1n) is 25.7. The van der Waals surface area contributed by atoms with E-state index in [0.717, 1.165) is 70.3 Å². The summed E-state index contributed by atoms with van der Waals surface area (Å²) in [6, 6.07) is 54.7. The van der Waals surface area contributed by atoms with Crippen LogP contribution in [0.15, 0.2) is 218 Å². The highest BCUT2D eigenvalue weighted by molar-refractivity contribution is 7.94. The van der Waals surface area contributed by atoms with Gasteiger partial charge in [0, 0.05) is 16.7 Å². The number of aromatic nitrogens is 3. The molecule has 0 amide bonds. The fraction of sp³-hybridized carbons (Fsp3) is 0.0909. The smallest absolute Gasteiger partial charge is 0.208 e. The molecule has 0 saturated heterocycles. The molecule has 0 fully saturated rings. The van der Waals surface area contributed by atoms with Gasteiger partial charge in [-0.3, -0.25) is 0 Å². The number of alkyl halides is 12. The third-order valence-corrected chi connectivity index (χ3v) is 25.3. The van der Waals surface area contributed by atoms with Crippen molar-refractivity contribution < 1.29 is 52.7 Å². The summed E-state index contributed by atoms with van der Waals surface area (Å²) in [6.07, 6.45) is -4.38. The van der Waals surface area contributed by atoms with E-state index in [-0.39, 0.29) is 17.5 Å². The van der Waals surface area contributed by atoms with Gasteiger partial charge in [0.15, 0.2) is 17.5 Å². The quantitative estimate of drug-likeness (QED) is 0.0904. The van der Waals surface area contributed by atoms with E-state index in [2.05, 4.69) is 6.30 Å². The molecular formula is C66H48F12N3P3. The zero-order valence-corrected chi connectivity index (χ0v) is 47.3. The molecule has 0 N–H and O–H groups in total. The van der Waals surface area contributed by atoms with Gasteiger partial charge in [0.25, 0.3) is 0 Å². The molecule has 1 heterocycles. The lowest BCUT2D eigenvalue weighted by Crippen LogP contribution is -2.26. The van der Waals surface area contributed by atoms with Gasteiger partial charge in [-0.1, -0.05) is 182 Å². The monoisotopic (exact) mass is 1200 g/mol. The summed E-state index contributed by atoms with van der Waals surface area (Å²) in [5.41, 5.74) is -0.428. The predicted octanol–water partition coefficient (Wildman–Crippen LogP) is 14.7. The van der Waals surface area contributed by atoms with Crippen LogP contribution < -0.4 is 47.7 Å². The molecule has 2 unspecified atom stereocenters. The third-order valence-electron chi connectivity index (χ3n) is 14.8. The minimum absolute atomic E-state index is 0.0768. The van der Waals surface area contributed by atoms with Gasteiger partial charge in [0.1, 0.15) is 0 Å². The van der Waals surface area contributed by atoms with Crippen LogP contribution in [0.3, 0.4) is 0 Å². The fourth-order valence-corrected chi connectivity index (χ4v) is 18.7. The van der Waals surface area contributed by atoms with Crippen LogP contribution in [-0.2, 0) is 24.7 Å². The first-order valence-corrected chi connectivity index (χ1v) is 31.6. The summed E-state index contributed by atoms with van der Waals surface area (Å²) in [6.45, 7) is -5.52. The van der Waals surface area contributed by atoms with Crippen LogP contribution in [-0.4, -0.2) is 33.9 Å². The van der Waals surface area contributed by atoms with Gasteiger partial charge in [0.2, 0.25) is 0 Å². The Morgan fingerprint density at radius 2 is 0.452 bits per heavy atom. The van der Waals surface area contributed by atoms with Crippen LogP contribution in [0.4, 0.5) is 52.7 Å². The molecular weight excluding hydrogens is 1160 g/mol. The third kappa shape index (κ3) is 11.7. The molecule has 18 heteroatoms. The summed E-state index contributed by atoms with van der Waals surface area (Å²) in [5, 5.41) is 5.00. The van der Waals surface area contributed by atoms with Crippen molar-refractivity contribution in [1.29, 1.82) is 0 Å². The maximum Gasteiger partial charge on any atom is 0.416 e. The molecule has 0 radical (unpaired) electrons. The molecule has 0 aliphatic heterocycles. The van der Waals surface area contributed by atoms with E-state index in [4.69, 9.17) is 27.6 Å². The maximum atomic E-state index is 14.0. The average molecular weight is 1200 g/mol. The number of hydrogen-bond acceptors (Lipinski definition) is 3. The Bertz CT molecular complexity index is 3970. The lowest BCUT2D eigenvalue weighted by Gasteiger charge is -2.28. The molecule has 2 atom stereocenters. The van der Waals surface area contributed by atoms with Crippen molar-refractivity contribution in [2.45, 2.75) is 38.6 Å². The van der Waals surface area contributed by atoms with Crippen LogP contribution >= 0.6 is 20.7 Å². The summed E-state index contributed by atoms with van der Waals surface area (Å²) >= 11 is 0. The van der Waals surface area contributed by atoms with E-state index in [9.17, 15) is 52.7 Å². The normalized spacial score (nSPS) is 13.9. The van der Waals surface area contributed by atoms with Crippen molar-refractivity contribution in [2.24, 2.45) is 0 Å². The molecule has 9 aromatic carbocycles. The maximum absolute atomic E-state index is 14.0. The Hall–Kier alpha value is -7.95. The standard InChI is InChI=1S/C66H48F12N3P3/c1-42-15-27-51(28-16-42)82(3,53-31-19-47(20-32-53)63(67,68)69)57-12-6-9-44(39-57)60-79-61(45-10-7-13-58(40-45)83(4,52-29-17-43(2)18-30-52)54-33-21-48(22-34-54)64(70,71)72)81-62(80-60)46-11-8-14-59(41-46)84(5,55-35-23-49(24-36-55)65(73,74)75)56-37-25-50(26-38-56)66(76,77)78/h6-41H,3-5H2,1-2H3. The number of benzene rings is 9. The van der Waals surface area contributed by atoms with Crippen LogP contribution in [0.25, 0.3) is 34.2 Å². The molecule has 0 aliphatic rings. The fourth-order valence-electron chi connectivity index (χ4n) is 9.97. The van der Waals surface area contributed by atoms with Crippen molar-refractivity contribution >= 4 is 87.3 Å². The highest BCUT2D eigenvalue weighted by Crippen LogP contribution is 2.47. The van der Waals surface area contributed by atoms with Gasteiger partial charge in [0.05, 0.1) is 22.3 Å². The Balaban J connectivity index is 1.19. The Labute approximate surface area is 477 Å². The van der Waals surface area contributed by atoms with Gasteiger partial charge in [-0.15, -0.1) is 0 Å². The van der Waals surface area contributed by atoms with E-state index in [0.29, 0.717) is 53.8 Å². The first-order chi connectivity index (χ1) is 39.6. The van der Waals surface area contributed by atoms with Crippen molar-refractivity contribution in [3.63, 3.8) is 0 Å². The Kier molecular flexibility index (Phi) is 15.7. The van der Waals surface area contributed by atoms with E-state index in [1.807, 2.05) is 86.6 Å². The molecule has 10 aromatic rings. The molecule has 0 spiro atoms. The van der Waals surface area contributed by atoms with Crippen LogP contribution in [0, 0.1) is 13.8 Å². The van der Waals surface area contributed by atoms with Crippen LogP contribution in [0.2, 0.25) is 0 Å². The number of halogens is 12. The second kappa shape index (κ2) is 22.2. The highest BCUT2D eigenvalue weighted by Gasteiger charge is 2.36. The summed E-state index contributed by atoms with van der Waals surface area (Å²) in [7, 11) is 0. The lowest BCUT2D eigenvalue weighted by molar-refractivity contribution is -0.138. The number of hydrogen-bond donors (Lipinski definition) is 0. The van der Waals surface area contributed by atoms with Gasteiger partial charge < -0.3 is 0 Å². The van der Waals surface area contributed by atoms with Crippen molar-refractivity contribution in [1.82, 2.24) is 15.0 Å².